The summed E-state index contributed by atoms with van der Waals surface area (Å²) in [5, 5.41) is 9.01. The molecule has 0 amide bonds. The third kappa shape index (κ3) is 3.15. The number of nitrogens with zero attached hydrogens (tertiary/aromatic N) is 1. The highest BCUT2D eigenvalue weighted by Gasteiger charge is 1.94. The third-order valence-electron chi connectivity index (χ3n) is 1.33. The minimum absolute atomic E-state index is 0.323. The molecule has 2 nitrogen and oxygen atoms in total. The van der Waals surface area contributed by atoms with Gasteiger partial charge >= 0.3 is 0 Å². The van der Waals surface area contributed by atoms with E-state index < -0.39 is 0 Å². The molecule has 0 saturated carbocycles. The van der Waals surface area contributed by atoms with Gasteiger partial charge in [-0.1, -0.05) is 0 Å². The maximum Gasteiger partial charge on any atom is 0.115 e. The van der Waals surface area contributed by atoms with E-state index in [0.29, 0.717) is 5.75 Å². The molecule has 0 bridgehead atoms. The van der Waals surface area contributed by atoms with E-state index in [2.05, 4.69) is 4.90 Å². The van der Waals surface area contributed by atoms with Crippen molar-refractivity contribution in [2.75, 3.05) is 20.0 Å². The first-order valence-corrected chi connectivity index (χ1v) is 4.73. The minimum Gasteiger partial charge on any atom is -0.508 e. The van der Waals surface area contributed by atoms with Crippen LogP contribution in [0.25, 0.3) is 0 Å². The molecule has 0 spiro atoms. The van der Waals surface area contributed by atoms with E-state index in [1.54, 1.807) is 23.9 Å². The Morgan fingerprint density at radius 1 is 1.25 bits per heavy atom. The van der Waals surface area contributed by atoms with E-state index >= 15 is 0 Å². The monoisotopic (exact) mass is 183 g/mol. The fraction of sp³-hybridized carbons (Fsp3) is 0.333. The Bertz CT molecular complexity index is 233. The first kappa shape index (κ1) is 9.42. The molecule has 0 saturated heterocycles. The first-order chi connectivity index (χ1) is 5.68. The quantitative estimate of drug-likeness (QED) is 0.572. The van der Waals surface area contributed by atoms with Gasteiger partial charge in [-0.05, 0) is 38.4 Å². The van der Waals surface area contributed by atoms with Crippen LogP contribution in [0.5, 0.6) is 5.75 Å². The number of benzene rings is 1. The lowest BCUT2D eigenvalue weighted by molar-refractivity contribution is 0.474. The molecule has 1 aromatic rings. The molecule has 1 N–H and O–H groups in total. The van der Waals surface area contributed by atoms with Crippen molar-refractivity contribution in [3.63, 3.8) is 0 Å². The van der Waals surface area contributed by atoms with Crippen molar-refractivity contribution in [2.45, 2.75) is 4.90 Å². The van der Waals surface area contributed by atoms with Crippen molar-refractivity contribution < 1.29 is 5.11 Å². The Morgan fingerprint density at radius 3 is 2.33 bits per heavy atom. The number of aromatic hydroxyl groups is 1. The van der Waals surface area contributed by atoms with Crippen molar-refractivity contribution >= 4 is 11.8 Å². The van der Waals surface area contributed by atoms with Crippen molar-refractivity contribution in [3.05, 3.63) is 24.3 Å². The summed E-state index contributed by atoms with van der Waals surface area (Å²) in [5.41, 5.74) is 0. The lowest BCUT2D eigenvalue weighted by Gasteiger charge is -2.08. The fourth-order valence-electron chi connectivity index (χ4n) is 0.746. The van der Waals surface area contributed by atoms with Crippen molar-refractivity contribution in [1.29, 1.82) is 0 Å². The van der Waals surface area contributed by atoms with E-state index in [0.717, 1.165) is 5.88 Å². The summed E-state index contributed by atoms with van der Waals surface area (Å²) in [6.07, 6.45) is 0. The Labute approximate surface area is 77.2 Å². The molecule has 0 atom stereocenters. The number of hydrogen-bond donors (Lipinski definition) is 1. The predicted molar refractivity (Wildman–Crippen MR) is 52.5 cm³/mol. The highest BCUT2D eigenvalue weighted by molar-refractivity contribution is 7.99. The maximum absolute atomic E-state index is 9.01. The summed E-state index contributed by atoms with van der Waals surface area (Å²) in [6, 6.07) is 7.25. The Morgan fingerprint density at radius 2 is 1.83 bits per heavy atom. The molecule has 0 aliphatic carbocycles. The molecular formula is C9H13NOS. The van der Waals surface area contributed by atoms with Gasteiger partial charge in [-0.15, -0.1) is 11.8 Å². The smallest absolute Gasteiger partial charge is 0.115 e. The van der Waals surface area contributed by atoms with Crippen LogP contribution in [0.4, 0.5) is 0 Å². The topological polar surface area (TPSA) is 23.5 Å². The van der Waals surface area contributed by atoms with Gasteiger partial charge in [0, 0.05) is 10.8 Å². The second-order valence-corrected chi connectivity index (χ2v) is 3.87. The van der Waals surface area contributed by atoms with Crippen molar-refractivity contribution in [3.8, 4) is 5.75 Å². The van der Waals surface area contributed by atoms with Crippen LogP contribution in [-0.2, 0) is 0 Å². The van der Waals surface area contributed by atoms with E-state index in [-0.39, 0.29) is 0 Å². The molecule has 3 heteroatoms. The lowest BCUT2D eigenvalue weighted by Crippen LogP contribution is -2.09. The zero-order valence-corrected chi connectivity index (χ0v) is 8.14. The molecule has 0 aliphatic heterocycles. The van der Waals surface area contributed by atoms with Crippen LogP contribution in [0.15, 0.2) is 29.2 Å². The highest BCUT2D eigenvalue weighted by atomic mass is 32.2. The zero-order chi connectivity index (χ0) is 8.97. The molecule has 0 aliphatic rings. The molecule has 0 fully saturated rings. The second-order valence-electron chi connectivity index (χ2n) is 2.85. The predicted octanol–water partition coefficient (Wildman–Crippen LogP) is 2.00. The van der Waals surface area contributed by atoms with Gasteiger partial charge < -0.3 is 5.11 Å². The van der Waals surface area contributed by atoms with Gasteiger partial charge in [0.2, 0.25) is 0 Å². The van der Waals surface area contributed by atoms with Gasteiger partial charge in [0.15, 0.2) is 0 Å². The van der Waals surface area contributed by atoms with E-state index in [1.807, 2.05) is 26.2 Å². The zero-order valence-electron chi connectivity index (χ0n) is 7.32. The Kier molecular flexibility index (Phi) is 3.44. The van der Waals surface area contributed by atoms with Crippen LogP contribution in [0.1, 0.15) is 0 Å². The molecule has 66 valence electrons. The number of phenolic OH excluding ortho intramolecular Hbond substituents is 1. The summed E-state index contributed by atoms with van der Waals surface area (Å²) in [6.45, 7) is 0. The van der Waals surface area contributed by atoms with Gasteiger partial charge in [-0.2, -0.15) is 0 Å². The highest BCUT2D eigenvalue weighted by Crippen LogP contribution is 2.20. The number of hydrogen-bond acceptors (Lipinski definition) is 3. The molecule has 12 heavy (non-hydrogen) atoms. The average molecular weight is 183 g/mol. The summed E-state index contributed by atoms with van der Waals surface area (Å²) in [5.74, 6) is 1.29. The normalized spacial score (nSPS) is 10.6. The summed E-state index contributed by atoms with van der Waals surface area (Å²) >= 11 is 1.75. The van der Waals surface area contributed by atoms with E-state index in [9.17, 15) is 0 Å². The van der Waals surface area contributed by atoms with Crippen LogP contribution in [0.3, 0.4) is 0 Å². The van der Waals surface area contributed by atoms with Crippen LogP contribution in [0.2, 0.25) is 0 Å². The fourth-order valence-corrected chi connectivity index (χ4v) is 1.48. The number of phenols is 1. The number of rotatable bonds is 3. The third-order valence-corrected chi connectivity index (χ3v) is 2.58. The lowest BCUT2D eigenvalue weighted by atomic mass is 10.3. The molecular weight excluding hydrogens is 170 g/mol. The molecule has 0 unspecified atom stereocenters. The number of thioether (sulfide) groups is 1. The largest absolute Gasteiger partial charge is 0.508 e. The molecule has 0 heterocycles. The Balaban J connectivity index is 2.48. The van der Waals surface area contributed by atoms with E-state index in [4.69, 9.17) is 5.11 Å². The molecule has 0 radical (unpaired) electrons. The van der Waals surface area contributed by atoms with Crippen LogP contribution < -0.4 is 0 Å². The van der Waals surface area contributed by atoms with Crippen molar-refractivity contribution in [2.24, 2.45) is 0 Å². The summed E-state index contributed by atoms with van der Waals surface area (Å²) < 4.78 is 0. The average Bonchev–Trinajstić information content (AvgIpc) is 2.03. The standard InChI is InChI=1S/C9H13NOS/c1-10(2)7-12-9-5-3-8(11)4-6-9/h3-6,11H,7H2,1-2H3. The van der Waals surface area contributed by atoms with Crippen LogP contribution in [-0.4, -0.2) is 30.0 Å². The van der Waals surface area contributed by atoms with Crippen LogP contribution >= 0.6 is 11.8 Å². The first-order valence-electron chi connectivity index (χ1n) is 3.75. The van der Waals surface area contributed by atoms with Gasteiger partial charge in [0.05, 0.1) is 0 Å². The minimum atomic E-state index is 0.323. The summed E-state index contributed by atoms with van der Waals surface area (Å²) in [7, 11) is 4.07. The van der Waals surface area contributed by atoms with E-state index in [1.165, 1.54) is 4.90 Å². The van der Waals surface area contributed by atoms with Gasteiger partial charge in [0.25, 0.3) is 0 Å². The SMILES string of the molecule is CN(C)CSc1ccc(O)cc1. The van der Waals surface area contributed by atoms with Crippen LogP contribution in [0, 0.1) is 0 Å². The van der Waals surface area contributed by atoms with Gasteiger partial charge in [-0.3, -0.25) is 4.90 Å². The Hall–Kier alpha value is -0.670. The molecule has 1 aromatic carbocycles. The van der Waals surface area contributed by atoms with Gasteiger partial charge in [0.1, 0.15) is 5.75 Å². The van der Waals surface area contributed by atoms with Gasteiger partial charge in [-0.25, -0.2) is 0 Å². The van der Waals surface area contributed by atoms with Crippen molar-refractivity contribution in [1.82, 2.24) is 4.90 Å². The molecule has 0 aromatic heterocycles. The summed E-state index contributed by atoms with van der Waals surface area (Å²) in [4.78, 5) is 3.29. The second kappa shape index (κ2) is 4.38. The molecule has 1 rings (SSSR count). The maximum atomic E-state index is 9.01.